The summed E-state index contributed by atoms with van der Waals surface area (Å²) in [4.78, 5) is 22.5. The number of rotatable bonds is 9. The van der Waals surface area contributed by atoms with Crippen LogP contribution in [-0.2, 0) is 22.4 Å². The van der Waals surface area contributed by atoms with Crippen molar-refractivity contribution in [2.45, 2.75) is 38.5 Å². The molecule has 0 spiro atoms. The maximum Gasteiger partial charge on any atom is 0.303 e. The van der Waals surface area contributed by atoms with Crippen LogP contribution in [0.5, 0.6) is 0 Å². The Labute approximate surface area is 142 Å². The second kappa shape index (κ2) is 9.50. The van der Waals surface area contributed by atoms with Crippen molar-refractivity contribution in [1.82, 2.24) is 0 Å². The van der Waals surface area contributed by atoms with Crippen molar-refractivity contribution in [3.63, 3.8) is 0 Å². The van der Waals surface area contributed by atoms with Crippen LogP contribution in [0.1, 0.15) is 36.8 Å². The van der Waals surface area contributed by atoms with Crippen LogP contribution in [0.3, 0.4) is 0 Å². The van der Waals surface area contributed by atoms with E-state index in [2.05, 4.69) is 17.4 Å². The predicted molar refractivity (Wildman–Crippen MR) is 95.0 cm³/mol. The van der Waals surface area contributed by atoms with Gasteiger partial charge in [0.2, 0.25) is 5.91 Å². The molecule has 4 nitrogen and oxygen atoms in total. The standard InChI is InChI=1S/C20H23NO3/c22-19(10-4-8-16-6-2-1-3-7-16)21-18-14-12-17(13-15-18)9-5-11-20(23)24/h1-3,6-7,12-15H,4-5,8-11H2,(H,21,22)(H,23,24). The number of aryl methyl sites for hydroxylation is 2. The summed E-state index contributed by atoms with van der Waals surface area (Å²) < 4.78 is 0. The Morgan fingerprint density at radius 3 is 2.00 bits per heavy atom. The number of amides is 1. The zero-order valence-electron chi connectivity index (χ0n) is 13.7. The van der Waals surface area contributed by atoms with Crippen molar-refractivity contribution in [1.29, 1.82) is 0 Å². The molecule has 0 bridgehead atoms. The lowest BCUT2D eigenvalue weighted by atomic mass is 10.1. The molecule has 126 valence electrons. The molecular formula is C20H23NO3. The highest BCUT2D eigenvalue weighted by molar-refractivity contribution is 5.90. The quantitative estimate of drug-likeness (QED) is 0.731. The molecule has 0 aliphatic rings. The van der Waals surface area contributed by atoms with Gasteiger partial charge in [0.1, 0.15) is 0 Å². The zero-order chi connectivity index (χ0) is 17.2. The maximum atomic E-state index is 12.0. The summed E-state index contributed by atoms with van der Waals surface area (Å²) in [5.74, 6) is -0.751. The maximum absolute atomic E-state index is 12.0. The fourth-order valence-corrected chi connectivity index (χ4v) is 2.52. The van der Waals surface area contributed by atoms with Crippen molar-refractivity contribution >= 4 is 17.6 Å². The summed E-state index contributed by atoms with van der Waals surface area (Å²) in [5.41, 5.74) is 3.11. The number of aliphatic carboxylic acids is 1. The summed E-state index contributed by atoms with van der Waals surface area (Å²) >= 11 is 0. The van der Waals surface area contributed by atoms with Crippen molar-refractivity contribution in [2.75, 3.05) is 5.32 Å². The highest BCUT2D eigenvalue weighted by Gasteiger charge is 2.03. The van der Waals surface area contributed by atoms with E-state index in [0.29, 0.717) is 12.8 Å². The molecular weight excluding hydrogens is 302 g/mol. The number of benzene rings is 2. The van der Waals surface area contributed by atoms with E-state index in [1.807, 2.05) is 42.5 Å². The molecule has 0 fully saturated rings. The number of anilines is 1. The molecule has 0 aliphatic heterocycles. The van der Waals surface area contributed by atoms with Gasteiger partial charge in [-0.05, 0) is 48.9 Å². The average molecular weight is 325 g/mol. The van der Waals surface area contributed by atoms with Crippen LogP contribution in [-0.4, -0.2) is 17.0 Å². The largest absolute Gasteiger partial charge is 0.481 e. The highest BCUT2D eigenvalue weighted by atomic mass is 16.4. The Bertz CT molecular complexity index is 650. The third-order valence-electron chi connectivity index (χ3n) is 3.81. The van der Waals surface area contributed by atoms with Crippen molar-refractivity contribution in [3.8, 4) is 0 Å². The summed E-state index contributed by atoms with van der Waals surface area (Å²) in [7, 11) is 0. The van der Waals surface area contributed by atoms with Crippen molar-refractivity contribution in [2.24, 2.45) is 0 Å². The normalized spacial score (nSPS) is 10.3. The van der Waals surface area contributed by atoms with E-state index in [9.17, 15) is 9.59 Å². The number of carbonyl (C=O) groups excluding carboxylic acids is 1. The molecule has 1 amide bonds. The lowest BCUT2D eigenvalue weighted by molar-refractivity contribution is -0.137. The summed E-state index contributed by atoms with van der Waals surface area (Å²) in [6.45, 7) is 0. The zero-order valence-corrected chi connectivity index (χ0v) is 13.7. The van der Waals surface area contributed by atoms with Crippen molar-refractivity contribution < 1.29 is 14.7 Å². The van der Waals surface area contributed by atoms with Gasteiger partial charge in [-0.3, -0.25) is 9.59 Å². The van der Waals surface area contributed by atoms with Gasteiger partial charge in [-0.25, -0.2) is 0 Å². The minimum Gasteiger partial charge on any atom is -0.481 e. The van der Waals surface area contributed by atoms with Gasteiger partial charge in [-0.15, -0.1) is 0 Å². The molecule has 0 radical (unpaired) electrons. The Hall–Kier alpha value is -2.62. The Morgan fingerprint density at radius 2 is 1.38 bits per heavy atom. The Morgan fingerprint density at radius 1 is 0.792 bits per heavy atom. The first-order chi connectivity index (χ1) is 11.6. The molecule has 0 saturated carbocycles. The first-order valence-corrected chi connectivity index (χ1v) is 8.28. The minimum atomic E-state index is -0.769. The van der Waals surface area contributed by atoms with Gasteiger partial charge in [0.15, 0.2) is 0 Å². The van der Waals surface area contributed by atoms with Gasteiger partial charge in [0.25, 0.3) is 0 Å². The highest BCUT2D eigenvalue weighted by Crippen LogP contribution is 2.13. The van der Waals surface area contributed by atoms with E-state index < -0.39 is 5.97 Å². The number of carboxylic acids is 1. The van der Waals surface area contributed by atoms with Crippen LogP contribution in [0.4, 0.5) is 5.69 Å². The van der Waals surface area contributed by atoms with Crippen LogP contribution >= 0.6 is 0 Å². The van der Waals surface area contributed by atoms with Gasteiger partial charge in [0, 0.05) is 18.5 Å². The van der Waals surface area contributed by atoms with Gasteiger partial charge >= 0.3 is 5.97 Å². The summed E-state index contributed by atoms with van der Waals surface area (Å²) in [5, 5.41) is 11.5. The van der Waals surface area contributed by atoms with Gasteiger partial charge in [-0.2, -0.15) is 0 Å². The molecule has 2 aromatic rings. The number of carboxylic acid groups (broad SMARTS) is 1. The van der Waals surface area contributed by atoms with Gasteiger partial charge in [0.05, 0.1) is 0 Å². The topological polar surface area (TPSA) is 66.4 Å². The lowest BCUT2D eigenvalue weighted by Crippen LogP contribution is -2.11. The fraction of sp³-hybridized carbons (Fsp3) is 0.300. The summed E-state index contributed by atoms with van der Waals surface area (Å²) in [6.07, 6.45) is 3.76. The Kier molecular flexibility index (Phi) is 7.02. The Balaban J connectivity index is 1.70. The van der Waals surface area contributed by atoms with Crippen LogP contribution in [0, 0.1) is 0 Å². The second-order valence-corrected chi connectivity index (χ2v) is 5.83. The van der Waals surface area contributed by atoms with E-state index in [0.717, 1.165) is 30.5 Å². The van der Waals surface area contributed by atoms with Crippen LogP contribution in [0.25, 0.3) is 0 Å². The van der Waals surface area contributed by atoms with Crippen LogP contribution in [0.2, 0.25) is 0 Å². The molecule has 0 atom stereocenters. The molecule has 0 heterocycles. The van der Waals surface area contributed by atoms with Crippen molar-refractivity contribution in [3.05, 3.63) is 65.7 Å². The molecule has 0 aromatic heterocycles. The number of hydrogen-bond acceptors (Lipinski definition) is 2. The third-order valence-corrected chi connectivity index (χ3v) is 3.81. The number of nitrogens with one attached hydrogen (secondary N) is 1. The third kappa shape index (κ3) is 6.65. The smallest absolute Gasteiger partial charge is 0.303 e. The van der Waals surface area contributed by atoms with E-state index in [4.69, 9.17) is 5.11 Å². The molecule has 2 aromatic carbocycles. The van der Waals surface area contributed by atoms with Gasteiger partial charge < -0.3 is 10.4 Å². The molecule has 2 rings (SSSR count). The average Bonchev–Trinajstić information content (AvgIpc) is 2.57. The fourth-order valence-electron chi connectivity index (χ4n) is 2.52. The molecule has 0 saturated heterocycles. The van der Waals surface area contributed by atoms with Crippen LogP contribution < -0.4 is 5.32 Å². The van der Waals surface area contributed by atoms with E-state index >= 15 is 0 Å². The predicted octanol–water partition coefficient (Wildman–Crippen LogP) is 4.06. The number of carbonyl (C=O) groups is 2. The first-order valence-electron chi connectivity index (χ1n) is 8.28. The molecule has 4 heteroatoms. The SMILES string of the molecule is O=C(O)CCCc1ccc(NC(=O)CCCc2ccccc2)cc1. The number of hydrogen-bond donors (Lipinski definition) is 2. The minimum absolute atomic E-state index is 0.0181. The first kappa shape index (κ1) is 17.7. The molecule has 0 aliphatic carbocycles. The lowest BCUT2D eigenvalue weighted by Gasteiger charge is -2.07. The molecule has 2 N–H and O–H groups in total. The summed E-state index contributed by atoms with van der Waals surface area (Å²) in [6, 6.07) is 17.7. The monoisotopic (exact) mass is 325 g/mol. The van der Waals surface area contributed by atoms with Crippen LogP contribution in [0.15, 0.2) is 54.6 Å². The van der Waals surface area contributed by atoms with E-state index in [1.165, 1.54) is 5.56 Å². The second-order valence-electron chi connectivity index (χ2n) is 5.83. The van der Waals surface area contributed by atoms with E-state index in [-0.39, 0.29) is 12.3 Å². The van der Waals surface area contributed by atoms with E-state index in [1.54, 1.807) is 0 Å². The molecule has 24 heavy (non-hydrogen) atoms. The van der Waals surface area contributed by atoms with Gasteiger partial charge in [-0.1, -0.05) is 42.5 Å². The molecule has 0 unspecified atom stereocenters.